The molecule has 3 aromatic rings. The number of benzene rings is 2. The molecule has 3 N–H and O–H groups in total. The van der Waals surface area contributed by atoms with E-state index in [2.05, 4.69) is 33.0 Å². The molecule has 3 amide bonds. The fourth-order valence-electron chi connectivity index (χ4n) is 3.37. The molecule has 1 aliphatic rings. The van der Waals surface area contributed by atoms with Crippen molar-refractivity contribution < 1.29 is 9.59 Å². The van der Waals surface area contributed by atoms with Gasteiger partial charge in [-0.1, -0.05) is 19.1 Å². The Morgan fingerprint density at radius 1 is 1.07 bits per heavy atom. The summed E-state index contributed by atoms with van der Waals surface area (Å²) in [6, 6.07) is 13.0. The molecule has 7 heteroatoms. The van der Waals surface area contributed by atoms with Crippen molar-refractivity contribution in [3.8, 4) is 11.1 Å². The minimum atomic E-state index is -0.158. The number of hydrogen-bond acceptors (Lipinski definition) is 3. The zero-order valence-electron chi connectivity index (χ0n) is 16.2. The van der Waals surface area contributed by atoms with Gasteiger partial charge in [-0.25, -0.2) is 4.79 Å². The van der Waals surface area contributed by atoms with E-state index in [1.54, 1.807) is 35.4 Å². The van der Waals surface area contributed by atoms with Gasteiger partial charge >= 0.3 is 6.03 Å². The van der Waals surface area contributed by atoms with Crippen LogP contribution in [-0.2, 0) is 13.1 Å². The highest BCUT2D eigenvalue weighted by atomic mass is 16.2. The van der Waals surface area contributed by atoms with E-state index in [9.17, 15) is 9.59 Å². The molecule has 2 heterocycles. The predicted octanol–water partition coefficient (Wildman–Crippen LogP) is 3.76. The zero-order valence-corrected chi connectivity index (χ0v) is 16.2. The number of anilines is 1. The molecular formula is C22H23N5O2. The summed E-state index contributed by atoms with van der Waals surface area (Å²) in [5, 5.41) is 12.6. The summed E-state index contributed by atoms with van der Waals surface area (Å²) in [4.78, 5) is 26.4. The zero-order chi connectivity index (χ0) is 20.2. The molecule has 0 saturated carbocycles. The summed E-state index contributed by atoms with van der Waals surface area (Å²) in [6.07, 6.45) is 4.53. The summed E-state index contributed by atoms with van der Waals surface area (Å²) in [6.45, 7) is 3.79. The molecule has 0 unspecified atom stereocenters. The van der Waals surface area contributed by atoms with Crippen LogP contribution in [-0.4, -0.2) is 33.6 Å². The third kappa shape index (κ3) is 4.13. The summed E-state index contributed by atoms with van der Waals surface area (Å²) in [5.41, 5.74) is 5.64. The van der Waals surface area contributed by atoms with Gasteiger partial charge in [0.1, 0.15) is 0 Å². The molecule has 0 radical (unpaired) electrons. The second-order valence-electron chi connectivity index (χ2n) is 7.09. The topological polar surface area (TPSA) is 90.1 Å². The highest BCUT2D eigenvalue weighted by Crippen LogP contribution is 2.28. The standard InChI is InChI=1S/C22H23N5O2/c1-2-9-23-21(28)15-5-7-20(8-6-15)26-22(29)27-13-17-4-3-16(10-18(17)14-27)19-11-24-25-12-19/h3-8,10-12H,2,9,13-14H2,1H3,(H,23,28)(H,24,25)(H,26,29). The van der Waals surface area contributed by atoms with Gasteiger partial charge < -0.3 is 15.5 Å². The number of rotatable bonds is 5. The fraction of sp³-hybridized carbons (Fsp3) is 0.227. The maximum atomic E-state index is 12.7. The number of carbonyl (C=O) groups excluding carboxylic acids is 2. The fourth-order valence-corrected chi connectivity index (χ4v) is 3.37. The van der Waals surface area contributed by atoms with E-state index >= 15 is 0 Å². The first-order valence-electron chi connectivity index (χ1n) is 9.69. The molecule has 1 aliphatic heterocycles. The van der Waals surface area contributed by atoms with Gasteiger partial charge in [-0.2, -0.15) is 5.10 Å². The second-order valence-corrected chi connectivity index (χ2v) is 7.09. The first kappa shape index (κ1) is 18.7. The van der Waals surface area contributed by atoms with Crippen molar-refractivity contribution in [2.45, 2.75) is 26.4 Å². The van der Waals surface area contributed by atoms with Crippen LogP contribution in [0.4, 0.5) is 10.5 Å². The van der Waals surface area contributed by atoms with Gasteiger partial charge in [0, 0.05) is 42.6 Å². The Hall–Kier alpha value is -3.61. The van der Waals surface area contributed by atoms with Crippen LogP contribution in [0.25, 0.3) is 11.1 Å². The van der Waals surface area contributed by atoms with E-state index < -0.39 is 0 Å². The van der Waals surface area contributed by atoms with Crippen LogP contribution in [0.15, 0.2) is 54.9 Å². The Labute approximate surface area is 169 Å². The van der Waals surface area contributed by atoms with Crippen LogP contribution >= 0.6 is 0 Å². The van der Waals surface area contributed by atoms with Gasteiger partial charge in [0.15, 0.2) is 0 Å². The van der Waals surface area contributed by atoms with Gasteiger partial charge in [0.2, 0.25) is 0 Å². The molecule has 0 spiro atoms. The van der Waals surface area contributed by atoms with E-state index in [-0.39, 0.29) is 11.9 Å². The number of aromatic nitrogens is 2. The lowest BCUT2D eigenvalue weighted by Crippen LogP contribution is -2.30. The number of hydrogen-bond donors (Lipinski definition) is 3. The van der Waals surface area contributed by atoms with Crippen LogP contribution in [0.2, 0.25) is 0 Å². The lowest BCUT2D eigenvalue weighted by Gasteiger charge is -2.16. The lowest BCUT2D eigenvalue weighted by atomic mass is 10.0. The summed E-state index contributed by atoms with van der Waals surface area (Å²) in [5.74, 6) is -0.104. The number of carbonyl (C=O) groups is 2. The first-order chi connectivity index (χ1) is 14.1. The molecule has 4 rings (SSSR count). The number of aromatic amines is 1. The van der Waals surface area contributed by atoms with Crippen molar-refractivity contribution in [1.82, 2.24) is 20.4 Å². The van der Waals surface area contributed by atoms with Crippen molar-refractivity contribution in [3.63, 3.8) is 0 Å². The molecule has 0 bridgehead atoms. The molecule has 1 aromatic heterocycles. The van der Waals surface area contributed by atoms with Gasteiger partial charge in [-0.05, 0) is 53.4 Å². The molecule has 0 fully saturated rings. The van der Waals surface area contributed by atoms with Gasteiger partial charge in [-0.15, -0.1) is 0 Å². The van der Waals surface area contributed by atoms with Crippen molar-refractivity contribution in [1.29, 1.82) is 0 Å². The van der Waals surface area contributed by atoms with Crippen molar-refractivity contribution >= 4 is 17.6 Å². The quantitative estimate of drug-likeness (QED) is 0.620. The number of nitrogens with zero attached hydrogens (tertiary/aromatic N) is 2. The average Bonchev–Trinajstić information content (AvgIpc) is 3.41. The highest BCUT2D eigenvalue weighted by molar-refractivity contribution is 5.95. The molecule has 0 saturated heterocycles. The summed E-state index contributed by atoms with van der Waals surface area (Å²) in [7, 11) is 0. The Morgan fingerprint density at radius 3 is 2.59 bits per heavy atom. The van der Waals surface area contributed by atoms with Crippen LogP contribution in [0.3, 0.4) is 0 Å². The van der Waals surface area contributed by atoms with Crippen molar-refractivity contribution in [2.75, 3.05) is 11.9 Å². The van der Waals surface area contributed by atoms with E-state index in [4.69, 9.17) is 0 Å². The first-order valence-corrected chi connectivity index (χ1v) is 9.69. The van der Waals surface area contributed by atoms with Crippen LogP contribution in [0.5, 0.6) is 0 Å². The van der Waals surface area contributed by atoms with Crippen molar-refractivity contribution in [3.05, 3.63) is 71.5 Å². The number of H-pyrrole nitrogens is 1. The Bertz CT molecular complexity index is 1010. The van der Waals surface area contributed by atoms with E-state index in [1.165, 1.54) is 0 Å². The smallest absolute Gasteiger partial charge is 0.322 e. The van der Waals surface area contributed by atoms with Gasteiger partial charge in [0.25, 0.3) is 5.91 Å². The number of amides is 3. The van der Waals surface area contributed by atoms with Crippen LogP contribution in [0.1, 0.15) is 34.8 Å². The highest BCUT2D eigenvalue weighted by Gasteiger charge is 2.24. The normalized spacial score (nSPS) is 12.5. The van der Waals surface area contributed by atoms with Crippen LogP contribution < -0.4 is 10.6 Å². The predicted molar refractivity (Wildman–Crippen MR) is 111 cm³/mol. The maximum Gasteiger partial charge on any atom is 0.322 e. The maximum absolute atomic E-state index is 12.7. The monoisotopic (exact) mass is 389 g/mol. The van der Waals surface area contributed by atoms with Crippen LogP contribution in [0, 0.1) is 0 Å². The minimum absolute atomic E-state index is 0.104. The average molecular weight is 389 g/mol. The molecule has 29 heavy (non-hydrogen) atoms. The molecule has 7 nitrogen and oxygen atoms in total. The Kier molecular flexibility index (Phi) is 5.29. The summed E-state index contributed by atoms with van der Waals surface area (Å²) >= 11 is 0. The molecule has 0 aliphatic carbocycles. The molecular weight excluding hydrogens is 366 g/mol. The SMILES string of the molecule is CCCNC(=O)c1ccc(NC(=O)N2Cc3ccc(-c4cn[nH]c4)cc3C2)cc1. The number of urea groups is 1. The van der Waals surface area contributed by atoms with Crippen molar-refractivity contribution in [2.24, 2.45) is 0 Å². The second kappa shape index (κ2) is 8.18. The van der Waals surface area contributed by atoms with E-state index in [0.29, 0.717) is 30.9 Å². The third-order valence-corrected chi connectivity index (χ3v) is 4.98. The lowest BCUT2D eigenvalue weighted by molar-refractivity contribution is 0.0953. The minimum Gasteiger partial charge on any atom is -0.352 e. The molecule has 0 atom stereocenters. The Balaban J connectivity index is 1.38. The molecule has 2 aromatic carbocycles. The largest absolute Gasteiger partial charge is 0.352 e. The number of nitrogens with one attached hydrogen (secondary N) is 3. The van der Waals surface area contributed by atoms with E-state index in [1.807, 2.05) is 19.2 Å². The van der Waals surface area contributed by atoms with Gasteiger partial charge in [-0.3, -0.25) is 9.89 Å². The summed E-state index contributed by atoms with van der Waals surface area (Å²) < 4.78 is 0. The van der Waals surface area contributed by atoms with E-state index in [0.717, 1.165) is 28.7 Å². The Morgan fingerprint density at radius 2 is 1.86 bits per heavy atom. The number of fused-ring (bicyclic) bond motifs is 1. The third-order valence-electron chi connectivity index (χ3n) is 4.98. The van der Waals surface area contributed by atoms with Gasteiger partial charge in [0.05, 0.1) is 6.20 Å². The molecule has 148 valence electrons.